The molecule has 134 valence electrons. The van der Waals surface area contributed by atoms with E-state index in [-0.39, 0.29) is 23.7 Å². The summed E-state index contributed by atoms with van der Waals surface area (Å²) in [6.07, 6.45) is 1.57. The minimum atomic E-state index is -2.95. The summed E-state index contributed by atoms with van der Waals surface area (Å²) in [5, 5.41) is 2.33. The molecule has 25 heavy (non-hydrogen) atoms. The Morgan fingerprint density at radius 2 is 2.12 bits per heavy atom. The fourth-order valence-corrected chi connectivity index (χ4v) is 2.84. The Kier molecular flexibility index (Phi) is 6.46. The molecule has 0 saturated heterocycles. The maximum absolute atomic E-state index is 12.5. The topological polar surface area (TPSA) is 57.7 Å². The Labute approximate surface area is 147 Å². The van der Waals surface area contributed by atoms with Crippen molar-refractivity contribution in [3.8, 4) is 11.5 Å². The number of methoxy groups -OCH3 is 1. The molecule has 1 aromatic carbocycles. The molecule has 0 amide bonds. The molecular weight excluding hydrogens is 352 g/mol. The smallest absolute Gasteiger partial charge is 0.387 e. The van der Waals surface area contributed by atoms with Gasteiger partial charge in [-0.2, -0.15) is 8.78 Å². The molecule has 1 aromatic heterocycles. The standard InChI is InChI=1S/C17H17F2NO4S/c1-4-23-14-8-11(5-6-13(14)24-17(18)19)7-12(16(21)22-3)15-20-10(2)9-25-15/h5-9,17H,4H2,1-3H3/b12-7-. The van der Waals surface area contributed by atoms with E-state index in [0.29, 0.717) is 10.6 Å². The van der Waals surface area contributed by atoms with Gasteiger partial charge in [0.15, 0.2) is 11.5 Å². The minimum Gasteiger partial charge on any atom is -0.490 e. The van der Waals surface area contributed by atoms with E-state index in [1.54, 1.807) is 19.1 Å². The summed E-state index contributed by atoms with van der Waals surface area (Å²) in [5.74, 6) is -0.449. The summed E-state index contributed by atoms with van der Waals surface area (Å²) in [5.41, 5.74) is 1.62. The Bertz CT molecular complexity index is 774. The molecule has 0 bridgehead atoms. The number of aryl methyl sites for hydroxylation is 1. The lowest BCUT2D eigenvalue weighted by Gasteiger charge is -2.12. The molecule has 8 heteroatoms. The highest BCUT2D eigenvalue weighted by Crippen LogP contribution is 2.32. The summed E-state index contributed by atoms with van der Waals surface area (Å²) < 4.78 is 39.5. The van der Waals surface area contributed by atoms with Crippen molar-refractivity contribution in [3.05, 3.63) is 39.8 Å². The van der Waals surface area contributed by atoms with Gasteiger partial charge in [0.1, 0.15) is 5.01 Å². The number of alkyl halides is 2. The van der Waals surface area contributed by atoms with Crippen LogP contribution in [0.2, 0.25) is 0 Å². The van der Waals surface area contributed by atoms with Crippen molar-refractivity contribution in [1.82, 2.24) is 4.98 Å². The van der Waals surface area contributed by atoms with Crippen LogP contribution in [-0.2, 0) is 9.53 Å². The highest BCUT2D eigenvalue weighted by molar-refractivity contribution is 7.11. The summed E-state index contributed by atoms with van der Waals surface area (Å²) in [7, 11) is 1.28. The average Bonchev–Trinajstić information content (AvgIpc) is 3.00. The zero-order valence-corrected chi connectivity index (χ0v) is 14.7. The first-order chi connectivity index (χ1) is 11.9. The van der Waals surface area contributed by atoms with Gasteiger partial charge in [-0.3, -0.25) is 0 Å². The molecule has 0 saturated carbocycles. The van der Waals surface area contributed by atoms with Gasteiger partial charge < -0.3 is 14.2 Å². The van der Waals surface area contributed by atoms with Gasteiger partial charge in [-0.25, -0.2) is 9.78 Å². The van der Waals surface area contributed by atoms with Gasteiger partial charge >= 0.3 is 12.6 Å². The Morgan fingerprint density at radius 1 is 1.36 bits per heavy atom. The summed E-state index contributed by atoms with van der Waals surface area (Å²) in [4.78, 5) is 16.4. The van der Waals surface area contributed by atoms with Crippen LogP contribution < -0.4 is 9.47 Å². The first-order valence-electron chi connectivity index (χ1n) is 7.38. The van der Waals surface area contributed by atoms with Crippen molar-refractivity contribution in [2.45, 2.75) is 20.5 Å². The number of carbonyl (C=O) groups excluding carboxylic acids is 1. The van der Waals surface area contributed by atoms with Crippen LogP contribution in [0.15, 0.2) is 23.6 Å². The fraction of sp³-hybridized carbons (Fsp3) is 0.294. The van der Waals surface area contributed by atoms with Gasteiger partial charge in [0, 0.05) is 11.1 Å². The molecule has 2 rings (SSSR count). The predicted octanol–water partition coefficient (Wildman–Crippen LogP) is 4.17. The van der Waals surface area contributed by atoms with E-state index in [9.17, 15) is 13.6 Å². The van der Waals surface area contributed by atoms with Gasteiger partial charge in [0.25, 0.3) is 0 Å². The van der Waals surface area contributed by atoms with Crippen LogP contribution in [-0.4, -0.2) is 31.3 Å². The summed E-state index contributed by atoms with van der Waals surface area (Å²) in [6.45, 7) is 0.873. The molecule has 0 atom stereocenters. The molecule has 0 aliphatic heterocycles. The van der Waals surface area contributed by atoms with Crippen molar-refractivity contribution in [1.29, 1.82) is 0 Å². The molecule has 0 fully saturated rings. The monoisotopic (exact) mass is 369 g/mol. The third-order valence-electron chi connectivity index (χ3n) is 3.05. The number of rotatable bonds is 7. The van der Waals surface area contributed by atoms with E-state index in [2.05, 4.69) is 9.72 Å². The molecule has 0 N–H and O–H groups in total. The lowest BCUT2D eigenvalue weighted by atomic mass is 10.1. The van der Waals surface area contributed by atoms with Crippen molar-refractivity contribution < 1.29 is 27.8 Å². The van der Waals surface area contributed by atoms with Gasteiger partial charge in [0.2, 0.25) is 0 Å². The third kappa shape index (κ3) is 4.99. The number of hydrogen-bond donors (Lipinski definition) is 0. The quantitative estimate of drug-likeness (QED) is 0.542. The maximum atomic E-state index is 12.5. The first kappa shape index (κ1) is 18.9. The lowest BCUT2D eigenvalue weighted by Crippen LogP contribution is -2.05. The fourth-order valence-electron chi connectivity index (χ4n) is 2.04. The Balaban J connectivity index is 2.44. The van der Waals surface area contributed by atoms with Crippen molar-refractivity contribution in [3.63, 3.8) is 0 Å². The number of benzene rings is 1. The van der Waals surface area contributed by atoms with Crippen LogP contribution in [0.3, 0.4) is 0 Å². The molecule has 0 aliphatic carbocycles. The second kappa shape index (κ2) is 8.57. The number of halogens is 2. The van der Waals surface area contributed by atoms with E-state index in [1.165, 1.54) is 30.6 Å². The van der Waals surface area contributed by atoms with E-state index in [0.717, 1.165) is 5.69 Å². The number of esters is 1. The van der Waals surface area contributed by atoms with Crippen LogP contribution >= 0.6 is 11.3 Å². The third-order valence-corrected chi connectivity index (χ3v) is 4.04. The van der Waals surface area contributed by atoms with Gasteiger partial charge in [-0.15, -0.1) is 11.3 Å². The molecule has 2 aromatic rings. The first-order valence-corrected chi connectivity index (χ1v) is 8.26. The number of ether oxygens (including phenoxy) is 3. The van der Waals surface area contributed by atoms with E-state index in [1.807, 2.05) is 12.3 Å². The molecule has 0 radical (unpaired) electrons. The van der Waals surface area contributed by atoms with E-state index < -0.39 is 12.6 Å². The summed E-state index contributed by atoms with van der Waals surface area (Å²) >= 11 is 1.31. The van der Waals surface area contributed by atoms with Gasteiger partial charge in [-0.05, 0) is 37.6 Å². The van der Waals surface area contributed by atoms with Gasteiger partial charge in [-0.1, -0.05) is 6.07 Å². The van der Waals surface area contributed by atoms with Crippen molar-refractivity contribution in [2.24, 2.45) is 0 Å². The number of thiazole rings is 1. The predicted molar refractivity (Wildman–Crippen MR) is 91.0 cm³/mol. The molecule has 0 aliphatic rings. The number of hydrogen-bond acceptors (Lipinski definition) is 6. The minimum absolute atomic E-state index is 0.0706. The maximum Gasteiger partial charge on any atom is 0.387 e. The second-order valence-electron chi connectivity index (χ2n) is 4.86. The Hall–Kier alpha value is -2.48. The second-order valence-corrected chi connectivity index (χ2v) is 5.72. The largest absolute Gasteiger partial charge is 0.490 e. The average molecular weight is 369 g/mol. The lowest BCUT2D eigenvalue weighted by molar-refractivity contribution is -0.133. The number of nitrogens with zero attached hydrogens (tertiary/aromatic N) is 1. The normalized spacial score (nSPS) is 11.5. The summed E-state index contributed by atoms with van der Waals surface area (Å²) in [6, 6.07) is 4.43. The van der Waals surface area contributed by atoms with Gasteiger partial charge in [0.05, 0.1) is 19.3 Å². The Morgan fingerprint density at radius 3 is 2.68 bits per heavy atom. The molecular formula is C17H17F2NO4S. The number of carbonyl (C=O) groups is 1. The highest BCUT2D eigenvalue weighted by Gasteiger charge is 2.17. The van der Waals surface area contributed by atoms with Crippen LogP contribution in [0, 0.1) is 6.92 Å². The SMILES string of the molecule is CCOc1cc(/C=C(\C(=O)OC)c2nc(C)cs2)ccc1OC(F)F. The highest BCUT2D eigenvalue weighted by atomic mass is 32.1. The van der Waals surface area contributed by atoms with E-state index in [4.69, 9.17) is 9.47 Å². The number of aromatic nitrogens is 1. The molecule has 0 unspecified atom stereocenters. The molecule has 1 heterocycles. The zero-order chi connectivity index (χ0) is 18.4. The van der Waals surface area contributed by atoms with Crippen LogP contribution in [0.25, 0.3) is 11.6 Å². The van der Waals surface area contributed by atoms with Crippen LogP contribution in [0.5, 0.6) is 11.5 Å². The van der Waals surface area contributed by atoms with Crippen molar-refractivity contribution in [2.75, 3.05) is 13.7 Å². The molecule has 5 nitrogen and oxygen atoms in total. The van der Waals surface area contributed by atoms with Crippen LogP contribution in [0.1, 0.15) is 23.2 Å². The molecule has 0 spiro atoms. The van der Waals surface area contributed by atoms with Crippen LogP contribution in [0.4, 0.5) is 8.78 Å². The van der Waals surface area contributed by atoms with E-state index >= 15 is 0 Å². The van der Waals surface area contributed by atoms with Crippen molar-refractivity contribution >= 4 is 29.0 Å². The zero-order valence-electron chi connectivity index (χ0n) is 13.9.